The maximum Gasteiger partial charge on any atom is 0.332 e. The van der Waals surface area contributed by atoms with E-state index in [4.69, 9.17) is 0 Å². The number of nitrogens with zero attached hydrogens (tertiary/aromatic N) is 3. The Morgan fingerprint density at radius 2 is 1.50 bits per heavy atom. The van der Waals surface area contributed by atoms with Crippen molar-refractivity contribution in [3.05, 3.63) is 43.3 Å². The maximum atomic E-state index is 11.8. The molecule has 84 valence electrons. The number of pyridine rings is 1. The van der Waals surface area contributed by atoms with Crippen LogP contribution in [0, 0.1) is 0 Å². The molecule has 2 heterocycles. The SMILES string of the molecule is Cn1c(=O)c2ccc(=O)n(C)c2n(C)c1=O. The quantitative estimate of drug-likeness (QED) is 0.569. The average molecular weight is 221 g/mol. The molecule has 0 fully saturated rings. The first-order valence-corrected chi connectivity index (χ1v) is 4.71. The third kappa shape index (κ3) is 1.16. The molecule has 0 bridgehead atoms. The van der Waals surface area contributed by atoms with E-state index < -0.39 is 11.2 Å². The number of aryl methyl sites for hydroxylation is 2. The van der Waals surface area contributed by atoms with Crippen LogP contribution < -0.4 is 16.8 Å². The normalized spacial score (nSPS) is 10.9. The van der Waals surface area contributed by atoms with Crippen molar-refractivity contribution in [2.24, 2.45) is 21.1 Å². The average Bonchev–Trinajstić information content (AvgIpc) is 2.27. The van der Waals surface area contributed by atoms with Gasteiger partial charge in [0.2, 0.25) is 0 Å². The Morgan fingerprint density at radius 1 is 0.875 bits per heavy atom. The van der Waals surface area contributed by atoms with Crippen LogP contribution in [0.4, 0.5) is 0 Å². The molecule has 2 rings (SSSR count). The first kappa shape index (κ1) is 10.4. The highest BCUT2D eigenvalue weighted by Crippen LogP contribution is 2.01. The van der Waals surface area contributed by atoms with Gasteiger partial charge in [0.25, 0.3) is 11.1 Å². The Hall–Kier alpha value is -2.11. The lowest BCUT2D eigenvalue weighted by Crippen LogP contribution is -2.39. The summed E-state index contributed by atoms with van der Waals surface area (Å²) < 4.78 is 3.60. The van der Waals surface area contributed by atoms with E-state index in [1.54, 1.807) is 0 Å². The van der Waals surface area contributed by atoms with E-state index in [0.29, 0.717) is 11.0 Å². The van der Waals surface area contributed by atoms with Gasteiger partial charge in [-0.15, -0.1) is 0 Å². The van der Waals surface area contributed by atoms with Crippen LogP contribution in [0.5, 0.6) is 0 Å². The van der Waals surface area contributed by atoms with Crippen LogP contribution in [0.25, 0.3) is 11.0 Å². The van der Waals surface area contributed by atoms with E-state index in [1.165, 1.54) is 42.4 Å². The van der Waals surface area contributed by atoms with E-state index in [0.717, 1.165) is 4.57 Å². The van der Waals surface area contributed by atoms with Crippen LogP contribution in [0.1, 0.15) is 0 Å². The van der Waals surface area contributed by atoms with Gasteiger partial charge in [-0.3, -0.25) is 23.3 Å². The van der Waals surface area contributed by atoms with Crippen molar-refractivity contribution < 1.29 is 0 Å². The molecule has 0 atom stereocenters. The van der Waals surface area contributed by atoms with Gasteiger partial charge >= 0.3 is 5.69 Å². The van der Waals surface area contributed by atoms with Gasteiger partial charge in [0, 0.05) is 27.2 Å². The van der Waals surface area contributed by atoms with Crippen LogP contribution in [-0.2, 0) is 21.1 Å². The molecule has 0 aliphatic carbocycles. The van der Waals surface area contributed by atoms with Crippen LogP contribution in [0.2, 0.25) is 0 Å². The molecule has 0 N–H and O–H groups in total. The highest BCUT2D eigenvalue weighted by molar-refractivity contribution is 5.74. The minimum atomic E-state index is -0.446. The van der Waals surface area contributed by atoms with Gasteiger partial charge < -0.3 is 0 Å². The third-order valence-corrected chi connectivity index (χ3v) is 2.71. The first-order chi connectivity index (χ1) is 7.45. The van der Waals surface area contributed by atoms with E-state index >= 15 is 0 Å². The summed E-state index contributed by atoms with van der Waals surface area (Å²) in [5, 5.41) is 0.353. The van der Waals surface area contributed by atoms with Gasteiger partial charge in [-0.1, -0.05) is 0 Å². The van der Waals surface area contributed by atoms with Crippen molar-refractivity contribution >= 4 is 11.0 Å². The minimum absolute atomic E-state index is 0.254. The minimum Gasteiger partial charge on any atom is -0.297 e. The molecular formula is C10H11N3O3. The summed E-state index contributed by atoms with van der Waals surface area (Å²) in [6.45, 7) is 0. The van der Waals surface area contributed by atoms with Crippen molar-refractivity contribution in [1.82, 2.24) is 13.7 Å². The molecule has 0 aromatic carbocycles. The molecule has 2 aromatic rings. The molecule has 0 amide bonds. The lowest BCUT2D eigenvalue weighted by molar-refractivity contribution is 0.689. The monoisotopic (exact) mass is 221 g/mol. The Kier molecular flexibility index (Phi) is 2.08. The van der Waals surface area contributed by atoms with Crippen LogP contribution >= 0.6 is 0 Å². The van der Waals surface area contributed by atoms with E-state index in [-0.39, 0.29) is 5.56 Å². The molecule has 0 saturated carbocycles. The van der Waals surface area contributed by atoms with E-state index in [9.17, 15) is 14.4 Å². The summed E-state index contributed by atoms with van der Waals surface area (Å²) in [7, 11) is 4.47. The van der Waals surface area contributed by atoms with Crippen molar-refractivity contribution in [2.75, 3.05) is 0 Å². The lowest BCUT2D eigenvalue weighted by atomic mass is 10.3. The Morgan fingerprint density at radius 3 is 2.12 bits per heavy atom. The zero-order valence-electron chi connectivity index (χ0n) is 9.22. The lowest BCUT2D eigenvalue weighted by Gasteiger charge is -2.09. The summed E-state index contributed by atoms with van der Waals surface area (Å²) in [6.07, 6.45) is 0. The zero-order valence-corrected chi connectivity index (χ0v) is 9.22. The third-order valence-electron chi connectivity index (χ3n) is 2.71. The summed E-state index contributed by atoms with van der Waals surface area (Å²) >= 11 is 0. The largest absolute Gasteiger partial charge is 0.332 e. The number of aromatic nitrogens is 3. The topological polar surface area (TPSA) is 66.0 Å². The van der Waals surface area contributed by atoms with Crippen molar-refractivity contribution in [1.29, 1.82) is 0 Å². The fourth-order valence-corrected chi connectivity index (χ4v) is 1.78. The standard InChI is InChI=1S/C10H11N3O3/c1-11-7(14)5-4-6-8(11)12(2)10(16)13(3)9(6)15/h4-5H,1-3H3. The first-order valence-electron chi connectivity index (χ1n) is 4.71. The maximum absolute atomic E-state index is 11.8. The van der Waals surface area contributed by atoms with Gasteiger partial charge in [0.1, 0.15) is 5.65 Å². The van der Waals surface area contributed by atoms with Gasteiger partial charge in [-0.25, -0.2) is 4.79 Å². The molecule has 16 heavy (non-hydrogen) atoms. The van der Waals surface area contributed by atoms with E-state index in [2.05, 4.69) is 0 Å². The van der Waals surface area contributed by atoms with Crippen molar-refractivity contribution in [3.63, 3.8) is 0 Å². The smallest absolute Gasteiger partial charge is 0.297 e. The van der Waals surface area contributed by atoms with Crippen molar-refractivity contribution in [3.8, 4) is 0 Å². The second-order valence-corrected chi connectivity index (χ2v) is 3.67. The Bertz CT molecular complexity index is 749. The highest BCUT2D eigenvalue weighted by Gasteiger charge is 2.10. The number of hydrogen-bond donors (Lipinski definition) is 0. The molecule has 0 unspecified atom stereocenters. The van der Waals surface area contributed by atoms with Crippen LogP contribution in [0.3, 0.4) is 0 Å². The summed E-state index contributed by atoms with van der Waals surface area (Å²) in [5.74, 6) is 0. The number of fused-ring (bicyclic) bond motifs is 1. The number of hydrogen-bond acceptors (Lipinski definition) is 3. The van der Waals surface area contributed by atoms with Gasteiger partial charge in [-0.2, -0.15) is 0 Å². The molecule has 6 heteroatoms. The predicted octanol–water partition coefficient (Wildman–Crippen LogP) is -1.06. The molecule has 0 aliphatic heterocycles. The molecule has 0 radical (unpaired) electrons. The summed E-state index contributed by atoms with van der Waals surface area (Å²) in [5.41, 5.74) is -0.760. The molecule has 6 nitrogen and oxygen atoms in total. The van der Waals surface area contributed by atoms with Crippen LogP contribution in [-0.4, -0.2) is 13.7 Å². The predicted molar refractivity (Wildman–Crippen MR) is 59.7 cm³/mol. The summed E-state index contributed by atoms with van der Waals surface area (Å²) in [6, 6.07) is 2.76. The molecule has 2 aromatic heterocycles. The molecule has 0 spiro atoms. The van der Waals surface area contributed by atoms with Gasteiger partial charge in [0.15, 0.2) is 0 Å². The number of rotatable bonds is 0. The molecule has 0 saturated heterocycles. The highest BCUT2D eigenvalue weighted by atomic mass is 16.2. The Balaban J connectivity index is 3.29. The molecular weight excluding hydrogens is 210 g/mol. The zero-order chi connectivity index (χ0) is 12.0. The Labute approximate surface area is 90.0 Å². The van der Waals surface area contributed by atoms with Crippen LogP contribution in [0.15, 0.2) is 26.5 Å². The fourth-order valence-electron chi connectivity index (χ4n) is 1.78. The van der Waals surface area contributed by atoms with E-state index in [1.807, 2.05) is 0 Å². The summed E-state index contributed by atoms with van der Waals surface area (Å²) in [4.78, 5) is 34.9. The second-order valence-electron chi connectivity index (χ2n) is 3.67. The van der Waals surface area contributed by atoms with Gasteiger partial charge in [0.05, 0.1) is 5.39 Å². The van der Waals surface area contributed by atoms with Crippen molar-refractivity contribution in [2.45, 2.75) is 0 Å². The van der Waals surface area contributed by atoms with Gasteiger partial charge in [-0.05, 0) is 6.07 Å². The second kappa shape index (κ2) is 3.19. The fraction of sp³-hybridized carbons (Fsp3) is 0.300. The molecule has 0 aliphatic rings.